The van der Waals surface area contributed by atoms with Crippen molar-refractivity contribution in [2.24, 2.45) is 4.99 Å². The number of nitro benzene ring substituents is 1. The minimum Gasteiger partial charge on any atom is -0.456 e. The number of aliphatic imine (C=N–C) groups is 1. The van der Waals surface area contributed by atoms with Gasteiger partial charge >= 0.3 is 5.63 Å². The summed E-state index contributed by atoms with van der Waals surface area (Å²) in [4.78, 5) is 26.4. The number of hydrogen-bond acceptors (Lipinski definition) is 6. The molecule has 0 N–H and O–H groups in total. The molecule has 29 heavy (non-hydrogen) atoms. The molecule has 0 radical (unpaired) electrons. The van der Waals surface area contributed by atoms with Gasteiger partial charge in [-0.15, -0.1) is 0 Å². The highest BCUT2D eigenvalue weighted by atomic mass is 16.6. The maximum Gasteiger partial charge on any atom is 0.339 e. The summed E-state index contributed by atoms with van der Waals surface area (Å²) in [6, 6.07) is 21.6. The van der Waals surface area contributed by atoms with Crippen LogP contribution in [0.25, 0.3) is 11.0 Å². The Labute approximate surface area is 164 Å². The third kappa shape index (κ3) is 4.19. The molecule has 0 fully saturated rings. The molecular formula is C22H14N2O5. The van der Waals surface area contributed by atoms with Crippen molar-refractivity contribution in [1.82, 2.24) is 0 Å². The molecule has 1 aromatic heterocycles. The van der Waals surface area contributed by atoms with Gasteiger partial charge < -0.3 is 9.15 Å². The highest BCUT2D eigenvalue weighted by Gasteiger charge is 2.07. The van der Waals surface area contributed by atoms with Crippen LogP contribution in [0.5, 0.6) is 11.5 Å². The average molecular weight is 386 g/mol. The molecule has 0 aliphatic rings. The topological polar surface area (TPSA) is 94.9 Å². The van der Waals surface area contributed by atoms with Crippen molar-refractivity contribution in [3.63, 3.8) is 0 Å². The van der Waals surface area contributed by atoms with E-state index in [4.69, 9.17) is 9.15 Å². The van der Waals surface area contributed by atoms with Gasteiger partial charge in [-0.3, -0.25) is 15.1 Å². The summed E-state index contributed by atoms with van der Waals surface area (Å²) in [5.41, 5.74) is 1.26. The monoisotopic (exact) mass is 386 g/mol. The van der Waals surface area contributed by atoms with Gasteiger partial charge in [-0.05, 0) is 42.0 Å². The molecule has 0 aliphatic heterocycles. The van der Waals surface area contributed by atoms with E-state index in [2.05, 4.69) is 4.99 Å². The van der Waals surface area contributed by atoms with Crippen LogP contribution in [0.1, 0.15) is 5.56 Å². The minimum atomic E-state index is -0.489. The Hall–Kier alpha value is -4.26. The Bertz CT molecular complexity index is 1280. The standard InChI is InChI=1S/C22H14N2O5/c25-22-13-21(19-6-1-2-7-20(19)29-22)28-18-10-8-16(9-11-18)23-14-15-4-3-5-17(12-15)24(26)27/h1-14H. The van der Waals surface area contributed by atoms with Gasteiger partial charge in [-0.25, -0.2) is 4.79 Å². The third-order valence-electron chi connectivity index (χ3n) is 4.12. The van der Waals surface area contributed by atoms with Crippen LogP contribution in [0, 0.1) is 10.1 Å². The first kappa shape index (κ1) is 18.1. The van der Waals surface area contributed by atoms with Gasteiger partial charge in [0.05, 0.1) is 22.1 Å². The van der Waals surface area contributed by atoms with Gasteiger partial charge in [0.25, 0.3) is 5.69 Å². The second-order valence-electron chi connectivity index (χ2n) is 6.13. The zero-order chi connectivity index (χ0) is 20.2. The Balaban J connectivity index is 1.54. The van der Waals surface area contributed by atoms with Gasteiger partial charge in [0.15, 0.2) is 0 Å². The summed E-state index contributed by atoms with van der Waals surface area (Å²) in [5.74, 6) is 0.944. The van der Waals surface area contributed by atoms with Crippen LogP contribution in [-0.2, 0) is 0 Å². The number of benzene rings is 3. The molecule has 0 unspecified atom stereocenters. The van der Waals surface area contributed by atoms with Crippen molar-refractivity contribution in [3.05, 3.63) is 105 Å². The third-order valence-corrected chi connectivity index (χ3v) is 4.12. The van der Waals surface area contributed by atoms with E-state index in [1.807, 2.05) is 12.1 Å². The molecule has 7 heteroatoms. The van der Waals surface area contributed by atoms with E-state index >= 15 is 0 Å². The van der Waals surface area contributed by atoms with Crippen molar-refractivity contribution in [2.75, 3.05) is 0 Å². The lowest BCUT2D eigenvalue weighted by Crippen LogP contribution is -1.98. The predicted molar refractivity (Wildman–Crippen MR) is 109 cm³/mol. The second kappa shape index (κ2) is 7.77. The molecule has 142 valence electrons. The molecule has 0 bridgehead atoms. The number of nitro groups is 1. The fraction of sp³-hybridized carbons (Fsp3) is 0. The second-order valence-corrected chi connectivity index (χ2v) is 6.13. The maximum absolute atomic E-state index is 11.7. The number of hydrogen-bond donors (Lipinski definition) is 0. The number of para-hydroxylation sites is 1. The molecule has 0 saturated heterocycles. The maximum atomic E-state index is 11.7. The Kier molecular flexibility index (Phi) is 4.86. The van der Waals surface area contributed by atoms with E-state index in [0.29, 0.717) is 33.7 Å². The molecule has 4 rings (SSSR count). The Morgan fingerprint density at radius 1 is 0.966 bits per heavy atom. The van der Waals surface area contributed by atoms with Crippen molar-refractivity contribution in [1.29, 1.82) is 0 Å². The summed E-state index contributed by atoms with van der Waals surface area (Å²) >= 11 is 0. The minimum absolute atomic E-state index is 0.0114. The van der Waals surface area contributed by atoms with E-state index in [9.17, 15) is 14.9 Å². The van der Waals surface area contributed by atoms with Gasteiger partial charge in [-0.2, -0.15) is 0 Å². The average Bonchev–Trinajstić information content (AvgIpc) is 2.73. The van der Waals surface area contributed by atoms with Crippen LogP contribution in [-0.4, -0.2) is 11.1 Å². The van der Waals surface area contributed by atoms with Crippen LogP contribution in [0.2, 0.25) is 0 Å². The number of fused-ring (bicyclic) bond motifs is 1. The van der Waals surface area contributed by atoms with Crippen LogP contribution in [0.3, 0.4) is 0 Å². The first-order chi connectivity index (χ1) is 14.1. The van der Waals surface area contributed by atoms with Gasteiger partial charge in [0.1, 0.15) is 17.1 Å². The quantitative estimate of drug-likeness (QED) is 0.202. The molecular weight excluding hydrogens is 372 g/mol. The highest BCUT2D eigenvalue weighted by Crippen LogP contribution is 2.29. The lowest BCUT2D eigenvalue weighted by molar-refractivity contribution is -0.384. The summed E-state index contributed by atoms with van der Waals surface area (Å²) in [7, 11) is 0. The van der Waals surface area contributed by atoms with E-state index in [1.165, 1.54) is 18.2 Å². The van der Waals surface area contributed by atoms with E-state index < -0.39 is 10.5 Å². The van der Waals surface area contributed by atoms with Crippen LogP contribution in [0.4, 0.5) is 11.4 Å². The van der Waals surface area contributed by atoms with E-state index in [1.54, 1.807) is 54.7 Å². The van der Waals surface area contributed by atoms with Gasteiger partial charge in [0, 0.05) is 18.3 Å². The Morgan fingerprint density at radius 2 is 1.76 bits per heavy atom. The molecule has 0 amide bonds. The van der Waals surface area contributed by atoms with Gasteiger partial charge in [-0.1, -0.05) is 24.3 Å². The SMILES string of the molecule is O=c1cc(Oc2ccc(N=Cc3cccc([N+](=O)[O-])c3)cc2)c2ccccc2o1. The molecule has 0 saturated carbocycles. The van der Waals surface area contributed by atoms with Crippen LogP contribution >= 0.6 is 0 Å². The Morgan fingerprint density at radius 3 is 2.55 bits per heavy atom. The highest BCUT2D eigenvalue weighted by molar-refractivity contribution is 5.84. The molecule has 3 aromatic carbocycles. The zero-order valence-corrected chi connectivity index (χ0v) is 15.0. The number of non-ortho nitro benzene ring substituents is 1. The van der Waals surface area contributed by atoms with E-state index in [0.717, 1.165) is 0 Å². The van der Waals surface area contributed by atoms with Crippen molar-refractivity contribution in [3.8, 4) is 11.5 Å². The lowest BCUT2D eigenvalue weighted by Gasteiger charge is -2.08. The molecule has 0 spiro atoms. The summed E-state index contributed by atoms with van der Waals surface area (Å²) in [6.07, 6.45) is 1.55. The fourth-order valence-corrected chi connectivity index (χ4v) is 2.76. The van der Waals surface area contributed by atoms with Crippen LogP contribution < -0.4 is 10.4 Å². The molecule has 0 aliphatic carbocycles. The number of nitrogens with zero attached hydrogens (tertiary/aromatic N) is 2. The fourth-order valence-electron chi connectivity index (χ4n) is 2.76. The molecule has 1 heterocycles. The summed E-state index contributed by atoms with van der Waals surface area (Å²) < 4.78 is 11.0. The zero-order valence-electron chi connectivity index (χ0n) is 15.0. The number of rotatable bonds is 5. The lowest BCUT2D eigenvalue weighted by atomic mass is 10.2. The normalized spacial score (nSPS) is 11.0. The largest absolute Gasteiger partial charge is 0.456 e. The van der Waals surface area contributed by atoms with E-state index in [-0.39, 0.29) is 5.69 Å². The smallest absolute Gasteiger partial charge is 0.339 e. The first-order valence-corrected chi connectivity index (χ1v) is 8.68. The predicted octanol–water partition coefficient (Wildman–Crippen LogP) is 5.24. The summed E-state index contributed by atoms with van der Waals surface area (Å²) in [5, 5.41) is 11.5. The van der Waals surface area contributed by atoms with Crippen molar-refractivity contribution >= 4 is 28.6 Å². The molecule has 0 atom stereocenters. The van der Waals surface area contributed by atoms with Gasteiger partial charge in [0.2, 0.25) is 0 Å². The molecule has 4 aromatic rings. The van der Waals surface area contributed by atoms with Crippen molar-refractivity contribution in [2.45, 2.75) is 0 Å². The van der Waals surface area contributed by atoms with Crippen LogP contribution in [0.15, 0.2) is 93.1 Å². The van der Waals surface area contributed by atoms with Crippen molar-refractivity contribution < 1.29 is 14.1 Å². The summed E-state index contributed by atoms with van der Waals surface area (Å²) in [6.45, 7) is 0. The first-order valence-electron chi connectivity index (χ1n) is 8.68. The number of ether oxygens (including phenoxy) is 1. The molecule has 7 nitrogen and oxygen atoms in total.